The van der Waals surface area contributed by atoms with Gasteiger partial charge >= 0.3 is 0 Å². The molecule has 0 atom stereocenters. The Labute approximate surface area is 145 Å². The number of hydrogen-bond donors (Lipinski definition) is 1. The number of halogens is 2. The van der Waals surface area contributed by atoms with Crippen LogP contribution in [0.1, 0.15) is 20.8 Å². The van der Waals surface area contributed by atoms with E-state index in [1.165, 1.54) is 0 Å². The average molecular weight is 346 g/mol. The van der Waals surface area contributed by atoms with Crippen molar-refractivity contribution in [2.24, 2.45) is 0 Å². The van der Waals surface area contributed by atoms with Gasteiger partial charge in [0.2, 0.25) is 0 Å². The van der Waals surface area contributed by atoms with Crippen LogP contribution in [0.25, 0.3) is 22.3 Å². The minimum absolute atomic E-state index is 0.124. The summed E-state index contributed by atoms with van der Waals surface area (Å²) >= 11 is 12.1. The zero-order valence-electron chi connectivity index (χ0n) is 13.2. The number of aromatic nitrogens is 2. The molecule has 1 heterocycles. The van der Waals surface area contributed by atoms with Crippen LogP contribution in [0, 0.1) is 0 Å². The van der Waals surface area contributed by atoms with E-state index in [0.29, 0.717) is 15.9 Å². The molecule has 2 aromatic carbocycles. The molecule has 0 saturated heterocycles. The second-order valence-corrected chi connectivity index (χ2v) is 7.31. The number of nitrogens with zero attached hydrogens (tertiary/aromatic N) is 2. The molecule has 0 aliphatic rings. The van der Waals surface area contributed by atoms with Crippen molar-refractivity contribution >= 4 is 39.9 Å². The summed E-state index contributed by atoms with van der Waals surface area (Å²) < 4.78 is 0. The molecule has 0 saturated carbocycles. The Hall–Kier alpha value is -1.84. The van der Waals surface area contributed by atoms with Crippen molar-refractivity contribution in [3.05, 3.63) is 52.5 Å². The Bertz CT molecular complexity index is 853. The molecule has 1 aromatic heterocycles. The number of hydrogen-bond acceptors (Lipinski definition) is 3. The zero-order valence-corrected chi connectivity index (χ0v) is 14.7. The highest BCUT2D eigenvalue weighted by Crippen LogP contribution is 2.29. The summed E-state index contributed by atoms with van der Waals surface area (Å²) in [7, 11) is 0. The predicted molar refractivity (Wildman–Crippen MR) is 98.4 cm³/mol. The summed E-state index contributed by atoms with van der Waals surface area (Å²) in [6, 6.07) is 13.1. The number of benzene rings is 2. The van der Waals surface area contributed by atoms with Crippen LogP contribution in [0.2, 0.25) is 10.0 Å². The maximum absolute atomic E-state index is 6.14. The minimum atomic E-state index is -0.124. The highest BCUT2D eigenvalue weighted by Gasteiger charge is 2.15. The average Bonchev–Trinajstić information content (AvgIpc) is 2.47. The van der Waals surface area contributed by atoms with Gasteiger partial charge < -0.3 is 5.32 Å². The molecule has 0 spiro atoms. The SMILES string of the molecule is CC(C)(C)Nc1nc(-c2ccc(Cl)cc2)nc2ccc(Cl)cc12. The Kier molecular flexibility index (Phi) is 4.17. The second-order valence-electron chi connectivity index (χ2n) is 6.44. The molecule has 0 amide bonds. The van der Waals surface area contributed by atoms with Crippen LogP contribution in [-0.2, 0) is 0 Å². The molecule has 3 nitrogen and oxygen atoms in total. The molecule has 3 rings (SSSR count). The van der Waals surface area contributed by atoms with Crippen molar-refractivity contribution in [3.63, 3.8) is 0 Å². The molecule has 23 heavy (non-hydrogen) atoms. The van der Waals surface area contributed by atoms with Gasteiger partial charge in [-0.15, -0.1) is 0 Å². The first kappa shape index (κ1) is 16.0. The zero-order chi connectivity index (χ0) is 16.6. The molecular formula is C18H17Cl2N3. The summed E-state index contributed by atoms with van der Waals surface area (Å²) in [4.78, 5) is 9.36. The Balaban J connectivity index is 2.20. The van der Waals surface area contributed by atoms with E-state index in [0.717, 1.165) is 22.3 Å². The van der Waals surface area contributed by atoms with Crippen LogP contribution in [0.3, 0.4) is 0 Å². The fraction of sp³-hybridized carbons (Fsp3) is 0.222. The topological polar surface area (TPSA) is 37.8 Å². The molecule has 5 heteroatoms. The maximum Gasteiger partial charge on any atom is 0.162 e. The van der Waals surface area contributed by atoms with Crippen molar-refractivity contribution < 1.29 is 0 Å². The van der Waals surface area contributed by atoms with Crippen LogP contribution in [0.5, 0.6) is 0 Å². The summed E-state index contributed by atoms with van der Waals surface area (Å²) in [6.07, 6.45) is 0. The van der Waals surface area contributed by atoms with Crippen LogP contribution in [0.15, 0.2) is 42.5 Å². The van der Waals surface area contributed by atoms with Gasteiger partial charge in [-0.25, -0.2) is 9.97 Å². The second kappa shape index (κ2) is 5.99. The molecule has 0 aliphatic heterocycles. The number of anilines is 1. The smallest absolute Gasteiger partial charge is 0.162 e. The summed E-state index contributed by atoms with van der Waals surface area (Å²) in [6.45, 7) is 6.27. The van der Waals surface area contributed by atoms with E-state index in [9.17, 15) is 0 Å². The standard InChI is InChI=1S/C18H17Cl2N3/c1-18(2,3)23-17-14-10-13(20)8-9-15(14)21-16(22-17)11-4-6-12(19)7-5-11/h4-10H,1-3H3,(H,21,22,23). The van der Waals surface area contributed by atoms with Gasteiger partial charge in [0.05, 0.1) is 5.52 Å². The highest BCUT2D eigenvalue weighted by atomic mass is 35.5. The van der Waals surface area contributed by atoms with Crippen molar-refractivity contribution in [2.45, 2.75) is 26.3 Å². The Morgan fingerprint density at radius 1 is 0.870 bits per heavy atom. The predicted octanol–water partition coefficient (Wildman–Crippen LogP) is 5.81. The van der Waals surface area contributed by atoms with E-state index in [1.807, 2.05) is 42.5 Å². The van der Waals surface area contributed by atoms with Gasteiger partial charge in [0.15, 0.2) is 5.82 Å². The van der Waals surface area contributed by atoms with E-state index in [-0.39, 0.29) is 5.54 Å². The van der Waals surface area contributed by atoms with Gasteiger partial charge in [-0.2, -0.15) is 0 Å². The van der Waals surface area contributed by atoms with Gasteiger partial charge in [-0.3, -0.25) is 0 Å². The fourth-order valence-corrected chi connectivity index (χ4v) is 2.58. The largest absolute Gasteiger partial charge is 0.365 e. The van der Waals surface area contributed by atoms with Gasteiger partial charge in [0, 0.05) is 26.5 Å². The van der Waals surface area contributed by atoms with Crippen LogP contribution in [0.4, 0.5) is 5.82 Å². The summed E-state index contributed by atoms with van der Waals surface area (Å²) in [5.74, 6) is 1.43. The third-order valence-corrected chi connectivity index (χ3v) is 3.74. The van der Waals surface area contributed by atoms with Gasteiger partial charge in [-0.1, -0.05) is 23.2 Å². The van der Waals surface area contributed by atoms with Crippen molar-refractivity contribution in [1.82, 2.24) is 9.97 Å². The first-order valence-electron chi connectivity index (χ1n) is 7.33. The molecule has 118 valence electrons. The maximum atomic E-state index is 6.14. The number of nitrogens with one attached hydrogen (secondary N) is 1. The quantitative estimate of drug-likeness (QED) is 0.636. The molecular weight excluding hydrogens is 329 g/mol. The highest BCUT2D eigenvalue weighted by molar-refractivity contribution is 6.31. The summed E-state index contributed by atoms with van der Waals surface area (Å²) in [5, 5.41) is 5.70. The number of rotatable bonds is 2. The summed E-state index contributed by atoms with van der Waals surface area (Å²) in [5.41, 5.74) is 1.64. The minimum Gasteiger partial charge on any atom is -0.365 e. The Morgan fingerprint density at radius 3 is 2.17 bits per heavy atom. The molecule has 0 aliphatic carbocycles. The van der Waals surface area contributed by atoms with Crippen molar-refractivity contribution in [2.75, 3.05) is 5.32 Å². The van der Waals surface area contributed by atoms with E-state index in [2.05, 4.69) is 31.1 Å². The van der Waals surface area contributed by atoms with Crippen LogP contribution in [-0.4, -0.2) is 15.5 Å². The third kappa shape index (κ3) is 3.74. The van der Waals surface area contributed by atoms with Crippen molar-refractivity contribution in [3.8, 4) is 11.4 Å². The van der Waals surface area contributed by atoms with Crippen molar-refractivity contribution in [1.29, 1.82) is 0 Å². The first-order chi connectivity index (χ1) is 10.8. The lowest BCUT2D eigenvalue weighted by atomic mass is 10.1. The molecule has 0 unspecified atom stereocenters. The lowest BCUT2D eigenvalue weighted by Gasteiger charge is -2.22. The van der Waals surface area contributed by atoms with E-state index < -0.39 is 0 Å². The lowest BCUT2D eigenvalue weighted by molar-refractivity contribution is 0.631. The van der Waals surface area contributed by atoms with Gasteiger partial charge in [-0.05, 0) is 63.2 Å². The number of fused-ring (bicyclic) bond motifs is 1. The molecule has 3 aromatic rings. The van der Waals surface area contributed by atoms with Crippen LogP contribution >= 0.6 is 23.2 Å². The van der Waals surface area contributed by atoms with Gasteiger partial charge in [0.1, 0.15) is 5.82 Å². The van der Waals surface area contributed by atoms with Crippen LogP contribution < -0.4 is 5.32 Å². The van der Waals surface area contributed by atoms with E-state index in [4.69, 9.17) is 28.2 Å². The third-order valence-electron chi connectivity index (χ3n) is 3.25. The Morgan fingerprint density at radius 2 is 1.52 bits per heavy atom. The molecule has 0 radical (unpaired) electrons. The molecule has 1 N–H and O–H groups in total. The first-order valence-corrected chi connectivity index (χ1v) is 8.09. The van der Waals surface area contributed by atoms with E-state index in [1.54, 1.807) is 0 Å². The normalized spacial score (nSPS) is 11.7. The monoisotopic (exact) mass is 345 g/mol. The fourth-order valence-electron chi connectivity index (χ4n) is 2.28. The van der Waals surface area contributed by atoms with Gasteiger partial charge in [0.25, 0.3) is 0 Å². The van der Waals surface area contributed by atoms with E-state index >= 15 is 0 Å². The molecule has 0 fully saturated rings. The lowest BCUT2D eigenvalue weighted by Crippen LogP contribution is -2.27. The molecule has 0 bridgehead atoms.